The summed E-state index contributed by atoms with van der Waals surface area (Å²) in [4.78, 5) is 28.0. The summed E-state index contributed by atoms with van der Waals surface area (Å²) in [5, 5.41) is 12.0. The van der Waals surface area contributed by atoms with E-state index < -0.39 is 5.97 Å². The van der Waals surface area contributed by atoms with Crippen molar-refractivity contribution in [2.75, 3.05) is 0 Å². The van der Waals surface area contributed by atoms with E-state index in [1.165, 1.54) is 0 Å². The van der Waals surface area contributed by atoms with E-state index in [1.807, 2.05) is 37.3 Å². The van der Waals surface area contributed by atoms with Crippen molar-refractivity contribution in [1.82, 2.24) is 10.3 Å². The number of hydrogen-bond acceptors (Lipinski definition) is 3. The van der Waals surface area contributed by atoms with Gasteiger partial charge in [-0.1, -0.05) is 18.2 Å². The van der Waals surface area contributed by atoms with Gasteiger partial charge in [0.05, 0.1) is 11.6 Å². The Labute approximate surface area is 140 Å². The highest BCUT2D eigenvalue weighted by molar-refractivity contribution is 5.97. The number of amides is 1. The van der Waals surface area contributed by atoms with Crippen molar-refractivity contribution in [3.8, 4) is 11.3 Å². The van der Waals surface area contributed by atoms with Gasteiger partial charge in [-0.25, -0.2) is 0 Å². The number of pyridine rings is 1. The molecule has 3 rings (SSSR count). The molecule has 5 heteroatoms. The first-order chi connectivity index (χ1) is 11.6. The van der Waals surface area contributed by atoms with E-state index in [-0.39, 0.29) is 17.9 Å². The van der Waals surface area contributed by atoms with Crippen molar-refractivity contribution in [2.24, 2.45) is 5.92 Å². The van der Waals surface area contributed by atoms with Gasteiger partial charge >= 0.3 is 5.97 Å². The van der Waals surface area contributed by atoms with Crippen LogP contribution in [0.1, 0.15) is 35.2 Å². The van der Waals surface area contributed by atoms with E-state index in [9.17, 15) is 9.59 Å². The monoisotopic (exact) mass is 324 g/mol. The first kappa shape index (κ1) is 16.2. The summed E-state index contributed by atoms with van der Waals surface area (Å²) in [6.07, 6.45) is 3.56. The van der Waals surface area contributed by atoms with Gasteiger partial charge in [0, 0.05) is 23.4 Å². The van der Waals surface area contributed by atoms with E-state index >= 15 is 0 Å². The number of carboxylic acid groups (broad SMARTS) is 1. The number of nitrogens with one attached hydrogen (secondary N) is 1. The molecule has 0 bridgehead atoms. The topological polar surface area (TPSA) is 79.3 Å². The predicted octanol–water partition coefficient (Wildman–Crippen LogP) is 3.04. The van der Waals surface area contributed by atoms with Crippen LogP contribution in [0.15, 0.2) is 42.6 Å². The molecular formula is C19H20N2O3. The molecule has 2 atom stereocenters. The molecule has 1 aromatic heterocycles. The Morgan fingerprint density at radius 3 is 2.67 bits per heavy atom. The number of hydrogen-bond donors (Lipinski definition) is 2. The van der Waals surface area contributed by atoms with Crippen LogP contribution in [-0.2, 0) is 4.79 Å². The van der Waals surface area contributed by atoms with Gasteiger partial charge in [0.1, 0.15) is 0 Å². The average molecular weight is 324 g/mol. The number of carboxylic acids is 1. The van der Waals surface area contributed by atoms with Gasteiger partial charge in [-0.05, 0) is 49.9 Å². The molecule has 0 radical (unpaired) electrons. The summed E-state index contributed by atoms with van der Waals surface area (Å²) in [5.74, 6) is -1.28. The van der Waals surface area contributed by atoms with Crippen LogP contribution in [0.5, 0.6) is 0 Å². The number of carbonyl (C=O) groups excluding carboxylic acids is 1. The summed E-state index contributed by atoms with van der Waals surface area (Å²) in [6.45, 7) is 1.91. The molecular weight excluding hydrogens is 304 g/mol. The zero-order chi connectivity index (χ0) is 17.1. The highest BCUT2D eigenvalue weighted by Crippen LogP contribution is 2.27. The van der Waals surface area contributed by atoms with Crippen LogP contribution < -0.4 is 5.32 Å². The van der Waals surface area contributed by atoms with E-state index in [0.717, 1.165) is 16.8 Å². The molecule has 2 N–H and O–H groups in total. The molecule has 0 spiro atoms. The van der Waals surface area contributed by atoms with Crippen molar-refractivity contribution < 1.29 is 14.7 Å². The summed E-state index contributed by atoms with van der Waals surface area (Å²) >= 11 is 0. The van der Waals surface area contributed by atoms with Crippen molar-refractivity contribution in [3.63, 3.8) is 0 Å². The van der Waals surface area contributed by atoms with Crippen LogP contribution in [0.2, 0.25) is 0 Å². The maximum atomic E-state index is 12.6. The number of nitrogens with zero attached hydrogens (tertiary/aromatic N) is 1. The molecule has 1 heterocycles. The predicted molar refractivity (Wildman–Crippen MR) is 90.6 cm³/mol. The maximum absolute atomic E-state index is 12.6. The summed E-state index contributed by atoms with van der Waals surface area (Å²) in [5.41, 5.74) is 3.24. The van der Waals surface area contributed by atoms with E-state index in [4.69, 9.17) is 5.11 Å². The SMILES string of the molecule is Cc1c(C(=O)N[C@@H]2CC[C@H](C(=O)O)C2)cccc1-c1ccccn1. The molecule has 0 saturated heterocycles. The normalized spacial score (nSPS) is 19.9. The second kappa shape index (κ2) is 6.83. The lowest BCUT2D eigenvalue weighted by Crippen LogP contribution is -2.33. The van der Waals surface area contributed by atoms with E-state index in [1.54, 1.807) is 12.3 Å². The van der Waals surface area contributed by atoms with Gasteiger partial charge < -0.3 is 10.4 Å². The highest BCUT2D eigenvalue weighted by Gasteiger charge is 2.30. The molecule has 1 saturated carbocycles. The summed E-state index contributed by atoms with van der Waals surface area (Å²) < 4.78 is 0. The largest absolute Gasteiger partial charge is 0.481 e. The Morgan fingerprint density at radius 2 is 2.00 bits per heavy atom. The molecule has 1 aliphatic rings. The Hall–Kier alpha value is -2.69. The molecule has 0 aliphatic heterocycles. The van der Waals surface area contributed by atoms with Gasteiger partial charge in [-0.3, -0.25) is 14.6 Å². The number of carbonyl (C=O) groups is 2. The summed E-state index contributed by atoms with van der Waals surface area (Å²) in [6, 6.07) is 11.2. The second-order valence-corrected chi connectivity index (χ2v) is 6.21. The van der Waals surface area contributed by atoms with Gasteiger partial charge in [-0.15, -0.1) is 0 Å². The Bertz CT molecular complexity index is 758. The fourth-order valence-electron chi connectivity index (χ4n) is 3.28. The zero-order valence-electron chi connectivity index (χ0n) is 13.5. The zero-order valence-corrected chi connectivity index (χ0v) is 13.5. The Kier molecular flexibility index (Phi) is 4.60. The van der Waals surface area contributed by atoms with Crippen LogP contribution in [0.3, 0.4) is 0 Å². The molecule has 1 amide bonds. The first-order valence-electron chi connectivity index (χ1n) is 8.11. The number of aromatic nitrogens is 1. The van der Waals surface area contributed by atoms with Crippen molar-refractivity contribution in [3.05, 3.63) is 53.7 Å². The van der Waals surface area contributed by atoms with Crippen LogP contribution in [0.4, 0.5) is 0 Å². The molecule has 1 fully saturated rings. The van der Waals surface area contributed by atoms with Crippen molar-refractivity contribution >= 4 is 11.9 Å². The van der Waals surface area contributed by atoms with E-state index in [2.05, 4.69) is 10.3 Å². The Morgan fingerprint density at radius 1 is 1.17 bits per heavy atom. The minimum Gasteiger partial charge on any atom is -0.481 e. The van der Waals surface area contributed by atoms with E-state index in [0.29, 0.717) is 24.8 Å². The molecule has 2 aromatic rings. The third-order valence-corrected chi connectivity index (χ3v) is 4.64. The molecule has 24 heavy (non-hydrogen) atoms. The lowest BCUT2D eigenvalue weighted by atomic mass is 9.99. The third-order valence-electron chi connectivity index (χ3n) is 4.64. The fourth-order valence-corrected chi connectivity index (χ4v) is 3.28. The smallest absolute Gasteiger partial charge is 0.306 e. The average Bonchev–Trinajstić information content (AvgIpc) is 3.04. The van der Waals surface area contributed by atoms with Gasteiger partial charge in [0.25, 0.3) is 5.91 Å². The molecule has 5 nitrogen and oxygen atoms in total. The number of rotatable bonds is 4. The fraction of sp³-hybridized carbons (Fsp3) is 0.316. The minimum atomic E-state index is -0.778. The lowest BCUT2D eigenvalue weighted by Gasteiger charge is -2.15. The quantitative estimate of drug-likeness (QED) is 0.906. The number of aliphatic carboxylic acids is 1. The molecule has 124 valence electrons. The third kappa shape index (κ3) is 3.30. The van der Waals surface area contributed by atoms with Crippen LogP contribution in [-0.4, -0.2) is 28.0 Å². The lowest BCUT2D eigenvalue weighted by molar-refractivity contribution is -0.141. The van der Waals surface area contributed by atoms with Crippen molar-refractivity contribution in [2.45, 2.75) is 32.2 Å². The maximum Gasteiger partial charge on any atom is 0.306 e. The Balaban J connectivity index is 1.78. The molecule has 1 aliphatic carbocycles. The number of benzene rings is 1. The van der Waals surface area contributed by atoms with Crippen molar-refractivity contribution in [1.29, 1.82) is 0 Å². The van der Waals surface area contributed by atoms with Gasteiger partial charge in [0.2, 0.25) is 0 Å². The van der Waals surface area contributed by atoms with Crippen LogP contribution in [0, 0.1) is 12.8 Å². The molecule has 1 aromatic carbocycles. The van der Waals surface area contributed by atoms with Gasteiger partial charge in [0.15, 0.2) is 0 Å². The van der Waals surface area contributed by atoms with Crippen LogP contribution in [0.25, 0.3) is 11.3 Å². The second-order valence-electron chi connectivity index (χ2n) is 6.21. The molecule has 0 unspecified atom stereocenters. The summed E-state index contributed by atoms with van der Waals surface area (Å²) in [7, 11) is 0. The highest BCUT2D eigenvalue weighted by atomic mass is 16.4. The van der Waals surface area contributed by atoms with Crippen LogP contribution >= 0.6 is 0 Å². The standard InChI is InChI=1S/C19H20N2O3/c1-12-15(17-7-2-3-10-20-17)5-4-6-16(12)18(22)21-14-9-8-13(11-14)19(23)24/h2-7,10,13-14H,8-9,11H2,1H3,(H,21,22)(H,23,24)/t13-,14+/m0/s1. The first-order valence-corrected chi connectivity index (χ1v) is 8.11. The minimum absolute atomic E-state index is 0.0727. The van der Waals surface area contributed by atoms with Gasteiger partial charge in [-0.2, -0.15) is 0 Å².